The third-order valence-electron chi connectivity index (χ3n) is 3.61. The minimum Gasteiger partial charge on any atom is -0.443 e. The first-order valence-electron chi connectivity index (χ1n) is 9.52. The molecule has 162 valence electrons. The molecule has 0 aliphatic rings. The number of carbonyl (C=O) groups is 3. The summed E-state index contributed by atoms with van der Waals surface area (Å²) < 4.78 is 5.86. The maximum Gasteiger partial charge on any atom is 0.426 e. The number of carbonyl (C=O) groups excluding carboxylic acids is 3. The highest BCUT2D eigenvalue weighted by molar-refractivity contribution is 9.10. The summed E-state index contributed by atoms with van der Waals surface area (Å²) in [5.74, 6) is -1.17. The molecule has 3 amide bonds. The first kappa shape index (κ1) is 24.9. The predicted molar refractivity (Wildman–Crippen MR) is 116 cm³/mol. The van der Waals surface area contributed by atoms with E-state index in [0.29, 0.717) is 10.0 Å². The van der Waals surface area contributed by atoms with E-state index in [9.17, 15) is 14.4 Å². The number of hydrazine groups is 1. The molecule has 0 radical (unpaired) electrons. The largest absolute Gasteiger partial charge is 0.443 e. The molecule has 0 aliphatic carbocycles. The van der Waals surface area contributed by atoms with E-state index in [1.165, 1.54) is 0 Å². The number of amides is 3. The van der Waals surface area contributed by atoms with Gasteiger partial charge in [0.25, 0.3) is 5.91 Å². The van der Waals surface area contributed by atoms with Crippen LogP contribution in [0.2, 0.25) is 0 Å². The smallest absolute Gasteiger partial charge is 0.426 e. The summed E-state index contributed by atoms with van der Waals surface area (Å²) in [6.45, 7) is 14.3. The second-order valence-electron chi connectivity index (χ2n) is 9.20. The highest BCUT2D eigenvalue weighted by Gasteiger charge is 2.37. The van der Waals surface area contributed by atoms with E-state index in [-0.39, 0.29) is 11.8 Å². The molecule has 0 saturated heterocycles. The van der Waals surface area contributed by atoms with Gasteiger partial charge in [-0.1, -0.05) is 26.0 Å². The monoisotopic (exact) mass is 469 g/mol. The van der Waals surface area contributed by atoms with Gasteiger partial charge in [-0.15, -0.1) is 0 Å². The number of rotatable bonds is 4. The van der Waals surface area contributed by atoms with Crippen LogP contribution in [0.25, 0.3) is 0 Å². The summed E-state index contributed by atoms with van der Waals surface area (Å²) in [7, 11) is 0. The summed E-state index contributed by atoms with van der Waals surface area (Å²) in [5, 5.41) is 3.94. The van der Waals surface area contributed by atoms with Crippen molar-refractivity contribution < 1.29 is 19.1 Å². The van der Waals surface area contributed by atoms with Gasteiger partial charge in [0.1, 0.15) is 11.6 Å². The molecule has 0 spiro atoms. The Morgan fingerprint density at radius 3 is 2.03 bits per heavy atom. The minimum atomic E-state index is -0.943. The van der Waals surface area contributed by atoms with E-state index in [1.54, 1.807) is 45.0 Å². The SMILES string of the molecule is CC(C)C(C(=O)NC(C)(C)C)N(NC(=O)OC(C)(C)C)C(=O)c1ccccc1Br. The van der Waals surface area contributed by atoms with Gasteiger partial charge < -0.3 is 10.1 Å². The molecule has 0 fully saturated rings. The zero-order valence-electron chi connectivity index (χ0n) is 18.4. The fourth-order valence-electron chi connectivity index (χ4n) is 2.57. The van der Waals surface area contributed by atoms with Crippen molar-refractivity contribution in [2.75, 3.05) is 0 Å². The van der Waals surface area contributed by atoms with Crippen molar-refractivity contribution in [3.8, 4) is 0 Å². The number of hydrogen-bond acceptors (Lipinski definition) is 4. The molecule has 0 bridgehead atoms. The number of ether oxygens (including phenoxy) is 1. The van der Waals surface area contributed by atoms with Crippen LogP contribution in [0, 0.1) is 5.92 Å². The Bertz CT molecular complexity index is 751. The molecule has 2 N–H and O–H groups in total. The standard InChI is InChI=1S/C21H32BrN3O4/c1-13(2)16(17(26)23-20(3,4)5)25(24-19(28)29-21(6,7)8)18(27)14-11-9-10-12-15(14)22/h9-13,16H,1-8H3,(H,23,26)(H,24,28). The molecule has 0 saturated carbocycles. The van der Waals surface area contributed by atoms with E-state index >= 15 is 0 Å². The predicted octanol–water partition coefficient (Wildman–Crippen LogP) is 4.27. The first-order chi connectivity index (χ1) is 13.1. The second-order valence-corrected chi connectivity index (χ2v) is 10.1. The molecule has 1 atom stereocenters. The van der Waals surface area contributed by atoms with Crippen molar-refractivity contribution in [3.63, 3.8) is 0 Å². The molecule has 1 rings (SSSR count). The Hall–Kier alpha value is -2.09. The number of nitrogens with one attached hydrogen (secondary N) is 2. The Balaban J connectivity index is 3.36. The van der Waals surface area contributed by atoms with E-state index in [0.717, 1.165) is 5.01 Å². The van der Waals surface area contributed by atoms with Crippen LogP contribution in [0.4, 0.5) is 4.79 Å². The Labute approximate surface area is 181 Å². The van der Waals surface area contributed by atoms with Crippen LogP contribution in [0.3, 0.4) is 0 Å². The average Bonchev–Trinajstić information content (AvgIpc) is 2.50. The maximum absolute atomic E-state index is 13.3. The number of hydrogen-bond donors (Lipinski definition) is 2. The molecular formula is C21H32BrN3O4. The van der Waals surface area contributed by atoms with Gasteiger partial charge in [0.05, 0.1) is 5.56 Å². The van der Waals surface area contributed by atoms with Crippen LogP contribution in [0.1, 0.15) is 65.7 Å². The highest BCUT2D eigenvalue weighted by atomic mass is 79.9. The molecule has 0 aromatic heterocycles. The van der Waals surface area contributed by atoms with E-state index in [4.69, 9.17) is 4.74 Å². The molecule has 1 unspecified atom stereocenters. The van der Waals surface area contributed by atoms with Crippen molar-refractivity contribution in [2.24, 2.45) is 5.92 Å². The van der Waals surface area contributed by atoms with Crippen LogP contribution < -0.4 is 10.7 Å². The number of nitrogens with zero attached hydrogens (tertiary/aromatic N) is 1. The van der Waals surface area contributed by atoms with Crippen LogP contribution in [0.15, 0.2) is 28.7 Å². The van der Waals surface area contributed by atoms with Gasteiger partial charge in [0.2, 0.25) is 5.91 Å². The second kappa shape index (κ2) is 9.61. The lowest BCUT2D eigenvalue weighted by Crippen LogP contribution is -2.61. The summed E-state index contributed by atoms with van der Waals surface area (Å²) >= 11 is 3.36. The summed E-state index contributed by atoms with van der Waals surface area (Å²) in [5.41, 5.74) is 1.55. The van der Waals surface area contributed by atoms with Crippen molar-refractivity contribution >= 4 is 33.8 Å². The number of benzene rings is 1. The van der Waals surface area contributed by atoms with Crippen molar-refractivity contribution in [1.29, 1.82) is 0 Å². The fourth-order valence-corrected chi connectivity index (χ4v) is 3.03. The third-order valence-corrected chi connectivity index (χ3v) is 4.30. The average molecular weight is 470 g/mol. The van der Waals surface area contributed by atoms with Crippen molar-refractivity contribution in [1.82, 2.24) is 15.8 Å². The lowest BCUT2D eigenvalue weighted by atomic mass is 9.99. The lowest BCUT2D eigenvalue weighted by molar-refractivity contribution is -0.129. The van der Waals surface area contributed by atoms with Crippen molar-refractivity contribution in [3.05, 3.63) is 34.3 Å². The first-order valence-corrected chi connectivity index (χ1v) is 10.3. The van der Waals surface area contributed by atoms with Crippen LogP contribution in [0.5, 0.6) is 0 Å². The van der Waals surface area contributed by atoms with Gasteiger partial charge in [0, 0.05) is 10.0 Å². The topological polar surface area (TPSA) is 87.7 Å². The normalized spacial score (nSPS) is 12.9. The van der Waals surface area contributed by atoms with Gasteiger partial charge >= 0.3 is 6.09 Å². The lowest BCUT2D eigenvalue weighted by Gasteiger charge is -2.35. The Morgan fingerprint density at radius 2 is 1.59 bits per heavy atom. The molecule has 0 heterocycles. The van der Waals surface area contributed by atoms with Gasteiger partial charge in [-0.2, -0.15) is 0 Å². The van der Waals surface area contributed by atoms with Crippen LogP contribution in [-0.2, 0) is 9.53 Å². The highest BCUT2D eigenvalue weighted by Crippen LogP contribution is 2.21. The third kappa shape index (κ3) is 8.04. The molecule has 0 aliphatic heterocycles. The zero-order valence-corrected chi connectivity index (χ0v) is 20.0. The fraction of sp³-hybridized carbons (Fsp3) is 0.571. The summed E-state index contributed by atoms with van der Waals surface area (Å²) in [6.07, 6.45) is -0.813. The Morgan fingerprint density at radius 1 is 1.03 bits per heavy atom. The molecule has 29 heavy (non-hydrogen) atoms. The quantitative estimate of drug-likeness (QED) is 0.644. The van der Waals surface area contributed by atoms with E-state index in [2.05, 4.69) is 26.7 Å². The number of halogens is 1. The maximum atomic E-state index is 13.3. The van der Waals surface area contributed by atoms with Crippen LogP contribution in [-0.4, -0.2) is 40.1 Å². The van der Waals surface area contributed by atoms with Gasteiger partial charge in [-0.05, 0) is 75.5 Å². The van der Waals surface area contributed by atoms with Crippen LogP contribution >= 0.6 is 15.9 Å². The minimum absolute atomic E-state index is 0.279. The molecule has 1 aromatic carbocycles. The molecule has 1 aromatic rings. The molecule has 8 heteroatoms. The summed E-state index contributed by atoms with van der Waals surface area (Å²) in [6, 6.07) is 5.89. The van der Waals surface area contributed by atoms with Gasteiger partial charge in [-0.25, -0.2) is 15.2 Å². The zero-order chi connectivity index (χ0) is 22.6. The Kier molecular flexibility index (Phi) is 8.26. The molecule has 7 nitrogen and oxygen atoms in total. The summed E-state index contributed by atoms with van der Waals surface area (Å²) in [4.78, 5) is 38.8. The van der Waals surface area contributed by atoms with Gasteiger partial charge in [-0.3, -0.25) is 9.59 Å². The van der Waals surface area contributed by atoms with E-state index < -0.39 is 29.2 Å². The van der Waals surface area contributed by atoms with Crippen molar-refractivity contribution in [2.45, 2.75) is 72.6 Å². The van der Waals surface area contributed by atoms with E-state index in [1.807, 2.05) is 34.6 Å². The van der Waals surface area contributed by atoms with Gasteiger partial charge in [0.15, 0.2) is 0 Å². The molecular weight excluding hydrogens is 438 g/mol.